The number of halogens is 3. The van der Waals surface area contributed by atoms with Crippen molar-refractivity contribution >= 4 is 11.8 Å². The number of nitrogens with one attached hydrogen (secondary N) is 2. The van der Waals surface area contributed by atoms with Gasteiger partial charge in [0.15, 0.2) is 0 Å². The van der Waals surface area contributed by atoms with E-state index in [4.69, 9.17) is 14.2 Å². The molecule has 0 bridgehead atoms. The lowest BCUT2D eigenvalue weighted by atomic mass is 9.97. The zero-order valence-electron chi connectivity index (χ0n) is 27.5. The van der Waals surface area contributed by atoms with E-state index in [0.29, 0.717) is 61.2 Å². The number of ether oxygens (including phenoxy) is 3. The molecule has 0 saturated carbocycles. The topological polar surface area (TPSA) is 115 Å². The van der Waals surface area contributed by atoms with Crippen LogP contribution in [0.2, 0.25) is 0 Å². The van der Waals surface area contributed by atoms with E-state index in [0.717, 1.165) is 63.0 Å². The van der Waals surface area contributed by atoms with Gasteiger partial charge in [-0.25, -0.2) is 9.97 Å². The average Bonchev–Trinajstić information content (AvgIpc) is 3.08. The van der Waals surface area contributed by atoms with Gasteiger partial charge in [-0.2, -0.15) is 13.2 Å². The number of hydrogen-bond donors (Lipinski definition) is 2. The minimum absolute atomic E-state index is 0.0136. The van der Waals surface area contributed by atoms with E-state index < -0.39 is 11.7 Å². The average molecular weight is 672 g/mol. The number of rotatable bonds is 17. The Bertz CT molecular complexity index is 1440. The van der Waals surface area contributed by atoms with Gasteiger partial charge >= 0.3 is 6.18 Å². The number of hydrogen-bond acceptors (Lipinski definition) is 8. The molecule has 0 aliphatic carbocycles. The first-order valence-corrected chi connectivity index (χ1v) is 16.4. The summed E-state index contributed by atoms with van der Waals surface area (Å²) < 4.78 is 55.7. The Morgan fingerprint density at radius 3 is 2.25 bits per heavy atom. The highest BCUT2D eigenvalue weighted by atomic mass is 19.4. The second-order valence-electron chi connectivity index (χ2n) is 11.4. The van der Waals surface area contributed by atoms with Crippen molar-refractivity contribution in [3.8, 4) is 22.9 Å². The molecule has 1 aliphatic heterocycles. The Morgan fingerprint density at radius 2 is 1.60 bits per heavy atom. The third-order valence-corrected chi connectivity index (χ3v) is 8.00. The minimum atomic E-state index is -4.42. The molecular formula is C35H44F3N5O5. The molecule has 0 atom stereocenters. The molecule has 2 aromatic carbocycles. The first-order chi connectivity index (χ1) is 23.2. The Balaban J connectivity index is 1.10. The summed E-state index contributed by atoms with van der Waals surface area (Å²) >= 11 is 0. The number of piperidine rings is 1. The van der Waals surface area contributed by atoms with Gasteiger partial charge in [0.05, 0.1) is 30.9 Å². The first-order valence-electron chi connectivity index (χ1n) is 16.4. The molecule has 10 nitrogen and oxygen atoms in total. The highest BCUT2D eigenvalue weighted by Crippen LogP contribution is 2.32. The fourth-order valence-electron chi connectivity index (χ4n) is 5.53. The first kappa shape index (κ1) is 36.6. The van der Waals surface area contributed by atoms with Crippen LogP contribution in [0.3, 0.4) is 0 Å². The van der Waals surface area contributed by atoms with Crippen LogP contribution in [0.15, 0.2) is 54.9 Å². The molecule has 2 amide bonds. The fraction of sp³-hybridized carbons (Fsp3) is 0.486. The van der Waals surface area contributed by atoms with Gasteiger partial charge in [-0.3, -0.25) is 9.59 Å². The standard InChI is InChI=1S/C35H44F3N5O5/c1-3-47-33-30(34(48-4-2)41-24-40-33)17-22-46-23-31(44)39-18-7-8-19-43-20-15-27(16-21-43)42-32(45)29-10-6-5-9-28(29)25-11-13-26(14-12-25)35(36,37)38/h5-6,9-14,24,27H,3-4,7-8,15-23H2,1-2H3,(H,39,44)(H,42,45). The predicted octanol–water partition coefficient (Wildman–Crippen LogP) is 5.31. The smallest absolute Gasteiger partial charge is 0.416 e. The van der Waals surface area contributed by atoms with Gasteiger partial charge in [-0.05, 0) is 75.4 Å². The van der Waals surface area contributed by atoms with Crippen molar-refractivity contribution in [1.82, 2.24) is 25.5 Å². The molecule has 0 spiro atoms. The van der Waals surface area contributed by atoms with E-state index in [9.17, 15) is 22.8 Å². The molecule has 1 saturated heterocycles. The van der Waals surface area contributed by atoms with Gasteiger partial charge in [0, 0.05) is 37.7 Å². The summed E-state index contributed by atoms with van der Waals surface area (Å²) in [4.78, 5) is 36.1. The summed E-state index contributed by atoms with van der Waals surface area (Å²) in [7, 11) is 0. The summed E-state index contributed by atoms with van der Waals surface area (Å²) in [5, 5.41) is 6.01. The lowest BCUT2D eigenvalue weighted by molar-refractivity contribution is -0.137. The van der Waals surface area contributed by atoms with Crippen LogP contribution in [0.5, 0.6) is 11.8 Å². The Morgan fingerprint density at radius 1 is 0.938 bits per heavy atom. The van der Waals surface area contributed by atoms with Crippen molar-refractivity contribution in [3.05, 3.63) is 71.5 Å². The van der Waals surface area contributed by atoms with E-state index in [1.54, 1.807) is 24.3 Å². The number of alkyl halides is 3. The van der Waals surface area contributed by atoms with Crippen LogP contribution in [0, 0.1) is 0 Å². The monoisotopic (exact) mass is 671 g/mol. The third-order valence-electron chi connectivity index (χ3n) is 8.00. The van der Waals surface area contributed by atoms with Gasteiger partial charge in [0.25, 0.3) is 5.91 Å². The molecule has 2 N–H and O–H groups in total. The van der Waals surface area contributed by atoms with Crippen molar-refractivity contribution in [2.75, 3.05) is 52.6 Å². The summed E-state index contributed by atoms with van der Waals surface area (Å²) in [5.41, 5.74) is 1.57. The van der Waals surface area contributed by atoms with Crippen LogP contribution in [0.25, 0.3) is 11.1 Å². The van der Waals surface area contributed by atoms with Crippen molar-refractivity contribution in [3.63, 3.8) is 0 Å². The van der Waals surface area contributed by atoms with Crippen LogP contribution in [0.4, 0.5) is 13.2 Å². The Kier molecular flexibility index (Phi) is 14.0. The van der Waals surface area contributed by atoms with Crippen LogP contribution in [-0.2, 0) is 22.1 Å². The van der Waals surface area contributed by atoms with Crippen LogP contribution < -0.4 is 20.1 Å². The molecule has 260 valence electrons. The van der Waals surface area contributed by atoms with E-state index in [1.807, 2.05) is 13.8 Å². The highest BCUT2D eigenvalue weighted by Gasteiger charge is 2.30. The SMILES string of the molecule is CCOc1ncnc(OCC)c1CCOCC(=O)NCCCCN1CCC(NC(=O)c2ccccc2-c2ccc(C(F)(F)F)cc2)CC1. The van der Waals surface area contributed by atoms with E-state index in [2.05, 4.69) is 25.5 Å². The largest absolute Gasteiger partial charge is 0.478 e. The van der Waals surface area contributed by atoms with Gasteiger partial charge in [-0.15, -0.1) is 0 Å². The summed E-state index contributed by atoms with van der Waals surface area (Å²) in [6.45, 7) is 8.06. The summed E-state index contributed by atoms with van der Waals surface area (Å²) in [5.74, 6) is 0.506. The van der Waals surface area contributed by atoms with Crippen LogP contribution >= 0.6 is 0 Å². The summed E-state index contributed by atoms with van der Waals surface area (Å²) in [6, 6.07) is 11.8. The molecule has 2 heterocycles. The van der Waals surface area contributed by atoms with Gasteiger partial charge in [-0.1, -0.05) is 30.3 Å². The van der Waals surface area contributed by atoms with E-state index in [-0.39, 0.29) is 24.5 Å². The maximum atomic E-state index is 13.2. The highest BCUT2D eigenvalue weighted by molar-refractivity contribution is 6.01. The van der Waals surface area contributed by atoms with Gasteiger partial charge in [0.2, 0.25) is 17.7 Å². The molecule has 1 aliphatic rings. The van der Waals surface area contributed by atoms with Crippen LogP contribution in [0.1, 0.15) is 61.0 Å². The lowest BCUT2D eigenvalue weighted by Gasteiger charge is -2.32. The molecule has 1 fully saturated rings. The number of amides is 2. The fourth-order valence-corrected chi connectivity index (χ4v) is 5.53. The molecular weight excluding hydrogens is 627 g/mol. The van der Waals surface area contributed by atoms with Crippen molar-refractivity contribution in [1.29, 1.82) is 0 Å². The van der Waals surface area contributed by atoms with Gasteiger partial charge < -0.3 is 29.7 Å². The Hall–Kier alpha value is -4.23. The van der Waals surface area contributed by atoms with E-state index >= 15 is 0 Å². The van der Waals surface area contributed by atoms with Crippen LogP contribution in [-0.4, -0.2) is 85.3 Å². The normalized spacial score (nSPS) is 14.0. The molecule has 0 radical (unpaired) electrons. The number of aromatic nitrogens is 2. The third kappa shape index (κ3) is 10.9. The number of unbranched alkanes of at least 4 members (excludes halogenated alkanes) is 1. The number of likely N-dealkylation sites (tertiary alicyclic amines) is 1. The minimum Gasteiger partial charge on any atom is -0.478 e. The molecule has 3 aromatic rings. The quantitative estimate of drug-likeness (QED) is 0.186. The number of carbonyl (C=O) groups is 2. The number of benzene rings is 2. The number of nitrogens with zero attached hydrogens (tertiary/aromatic N) is 3. The second-order valence-corrected chi connectivity index (χ2v) is 11.4. The predicted molar refractivity (Wildman–Crippen MR) is 175 cm³/mol. The second kappa shape index (κ2) is 18.3. The maximum absolute atomic E-state index is 13.2. The Labute approximate surface area is 279 Å². The zero-order chi connectivity index (χ0) is 34.4. The molecule has 13 heteroatoms. The van der Waals surface area contributed by atoms with Crippen molar-refractivity contribution in [2.24, 2.45) is 0 Å². The van der Waals surface area contributed by atoms with Gasteiger partial charge in [0.1, 0.15) is 12.9 Å². The summed E-state index contributed by atoms with van der Waals surface area (Å²) in [6.07, 6.45) is 0.796. The number of carbonyl (C=O) groups excluding carboxylic acids is 2. The lowest BCUT2D eigenvalue weighted by Crippen LogP contribution is -2.45. The zero-order valence-corrected chi connectivity index (χ0v) is 27.5. The molecule has 4 rings (SSSR count). The van der Waals surface area contributed by atoms with Crippen molar-refractivity contribution < 1.29 is 37.0 Å². The molecule has 0 unspecified atom stereocenters. The maximum Gasteiger partial charge on any atom is 0.416 e. The molecule has 48 heavy (non-hydrogen) atoms. The van der Waals surface area contributed by atoms with E-state index in [1.165, 1.54) is 18.5 Å². The molecule has 1 aromatic heterocycles. The van der Waals surface area contributed by atoms with Crippen molar-refractivity contribution in [2.45, 2.75) is 58.2 Å².